The van der Waals surface area contributed by atoms with Crippen LogP contribution in [-0.2, 0) is 0 Å². The van der Waals surface area contributed by atoms with Crippen LogP contribution < -0.4 is 16.0 Å². The van der Waals surface area contributed by atoms with E-state index in [1.807, 2.05) is 17.0 Å². The molecule has 0 radical (unpaired) electrons. The van der Waals surface area contributed by atoms with Gasteiger partial charge in [-0.15, -0.1) is 0 Å². The smallest absolute Gasteiger partial charge is 0.321 e. The number of nitrogens with two attached hydrogens (primary N) is 1. The van der Waals surface area contributed by atoms with Crippen LogP contribution in [0.2, 0.25) is 0 Å². The highest BCUT2D eigenvalue weighted by Gasteiger charge is 2.21. The molecule has 1 aliphatic heterocycles. The van der Waals surface area contributed by atoms with Crippen molar-refractivity contribution in [3.05, 3.63) is 54.1 Å². The fraction of sp³-hybridized carbons (Fsp3) is 0.278. The number of carbonyl (C=O) groups excluding carboxylic acids is 1. The number of amides is 2. The molecule has 2 aromatic carbocycles. The highest BCUT2D eigenvalue weighted by Crippen LogP contribution is 2.18. The second-order valence-electron chi connectivity index (χ2n) is 5.87. The minimum Gasteiger partial charge on any atom is -0.399 e. The van der Waals surface area contributed by atoms with Crippen molar-refractivity contribution in [2.45, 2.75) is 6.92 Å². The number of nitrogen functional groups attached to an aromatic ring is 1. The number of rotatable bonds is 2. The van der Waals surface area contributed by atoms with E-state index in [0.717, 1.165) is 31.9 Å². The van der Waals surface area contributed by atoms with Gasteiger partial charge in [-0.1, -0.05) is 12.1 Å². The predicted octanol–water partition coefficient (Wildman–Crippen LogP) is 2.93. The molecule has 3 N–H and O–H groups in total. The third-order valence-electron chi connectivity index (χ3n) is 4.10. The maximum absolute atomic E-state index is 12.3. The SMILES string of the molecule is Cc1cccc(N2CCN(C(=O)Nc3ccc(N)cc3)CC2)c1. The molecule has 2 aromatic rings. The lowest BCUT2D eigenvalue weighted by atomic mass is 10.2. The van der Waals surface area contributed by atoms with Crippen molar-refractivity contribution in [1.29, 1.82) is 0 Å². The summed E-state index contributed by atoms with van der Waals surface area (Å²) in [5, 5.41) is 2.92. The summed E-state index contributed by atoms with van der Waals surface area (Å²) < 4.78 is 0. The molecule has 5 nitrogen and oxygen atoms in total. The second kappa shape index (κ2) is 6.60. The van der Waals surface area contributed by atoms with Gasteiger partial charge in [0.1, 0.15) is 0 Å². The summed E-state index contributed by atoms with van der Waals surface area (Å²) in [7, 11) is 0. The van der Waals surface area contributed by atoms with Gasteiger partial charge in [-0.3, -0.25) is 0 Å². The van der Waals surface area contributed by atoms with Crippen molar-refractivity contribution in [2.24, 2.45) is 0 Å². The van der Waals surface area contributed by atoms with Gasteiger partial charge in [0.05, 0.1) is 0 Å². The fourth-order valence-corrected chi connectivity index (χ4v) is 2.76. The van der Waals surface area contributed by atoms with Gasteiger partial charge < -0.3 is 20.9 Å². The summed E-state index contributed by atoms with van der Waals surface area (Å²) in [6.07, 6.45) is 0. The zero-order valence-corrected chi connectivity index (χ0v) is 13.3. The predicted molar refractivity (Wildman–Crippen MR) is 94.8 cm³/mol. The maximum Gasteiger partial charge on any atom is 0.321 e. The molecule has 1 saturated heterocycles. The molecule has 0 aliphatic carbocycles. The Kier molecular flexibility index (Phi) is 4.37. The van der Waals surface area contributed by atoms with E-state index in [1.165, 1.54) is 11.3 Å². The maximum atomic E-state index is 12.3. The van der Waals surface area contributed by atoms with Crippen molar-refractivity contribution < 1.29 is 4.79 Å². The van der Waals surface area contributed by atoms with Crippen molar-refractivity contribution in [3.63, 3.8) is 0 Å². The van der Waals surface area contributed by atoms with E-state index in [-0.39, 0.29) is 6.03 Å². The second-order valence-corrected chi connectivity index (χ2v) is 5.87. The molecular weight excluding hydrogens is 288 g/mol. The topological polar surface area (TPSA) is 61.6 Å². The van der Waals surface area contributed by atoms with Gasteiger partial charge in [0.2, 0.25) is 0 Å². The first kappa shape index (κ1) is 15.2. The zero-order chi connectivity index (χ0) is 16.2. The van der Waals surface area contributed by atoms with Crippen LogP contribution in [0, 0.1) is 6.92 Å². The fourth-order valence-electron chi connectivity index (χ4n) is 2.76. The van der Waals surface area contributed by atoms with Crippen LogP contribution in [0.25, 0.3) is 0 Å². The minimum atomic E-state index is -0.0568. The molecule has 0 aromatic heterocycles. The number of aryl methyl sites for hydroxylation is 1. The quantitative estimate of drug-likeness (QED) is 0.838. The van der Waals surface area contributed by atoms with Crippen LogP contribution in [-0.4, -0.2) is 37.1 Å². The van der Waals surface area contributed by atoms with E-state index < -0.39 is 0 Å². The van der Waals surface area contributed by atoms with Gasteiger partial charge in [-0.05, 0) is 48.9 Å². The highest BCUT2D eigenvalue weighted by molar-refractivity contribution is 5.89. The van der Waals surface area contributed by atoms with Gasteiger partial charge >= 0.3 is 6.03 Å². The van der Waals surface area contributed by atoms with Crippen LogP contribution in [0.3, 0.4) is 0 Å². The molecule has 5 heteroatoms. The summed E-state index contributed by atoms with van der Waals surface area (Å²) in [5.74, 6) is 0. The molecule has 0 bridgehead atoms. The number of carbonyl (C=O) groups is 1. The Morgan fingerprint density at radius 1 is 1.04 bits per heavy atom. The van der Waals surface area contributed by atoms with E-state index in [1.54, 1.807) is 12.1 Å². The number of hydrogen-bond donors (Lipinski definition) is 2. The molecule has 3 rings (SSSR count). The Balaban J connectivity index is 1.56. The van der Waals surface area contributed by atoms with Crippen LogP contribution >= 0.6 is 0 Å². The average molecular weight is 310 g/mol. The number of nitrogens with one attached hydrogen (secondary N) is 1. The van der Waals surface area contributed by atoms with E-state index in [4.69, 9.17) is 5.73 Å². The third kappa shape index (κ3) is 3.74. The largest absolute Gasteiger partial charge is 0.399 e. The van der Waals surface area contributed by atoms with Crippen molar-refractivity contribution >= 4 is 23.1 Å². The molecule has 0 saturated carbocycles. The highest BCUT2D eigenvalue weighted by atomic mass is 16.2. The molecule has 2 amide bonds. The molecule has 0 spiro atoms. The normalized spacial score (nSPS) is 14.7. The molecule has 120 valence electrons. The summed E-state index contributed by atoms with van der Waals surface area (Å²) >= 11 is 0. The average Bonchev–Trinajstić information content (AvgIpc) is 2.57. The summed E-state index contributed by atoms with van der Waals surface area (Å²) in [4.78, 5) is 16.5. The van der Waals surface area contributed by atoms with E-state index in [0.29, 0.717) is 5.69 Å². The van der Waals surface area contributed by atoms with E-state index >= 15 is 0 Å². The van der Waals surface area contributed by atoms with Crippen LogP contribution in [0.5, 0.6) is 0 Å². The standard InChI is InChI=1S/C18H22N4O/c1-14-3-2-4-17(13-14)21-9-11-22(12-10-21)18(23)20-16-7-5-15(19)6-8-16/h2-8,13H,9-12,19H2,1H3,(H,20,23). The van der Waals surface area contributed by atoms with E-state index in [9.17, 15) is 4.79 Å². The minimum absolute atomic E-state index is 0.0568. The van der Waals surface area contributed by atoms with Crippen molar-refractivity contribution in [2.75, 3.05) is 42.1 Å². The first-order chi connectivity index (χ1) is 11.1. The number of urea groups is 1. The van der Waals surface area contributed by atoms with E-state index in [2.05, 4.69) is 41.4 Å². The Hall–Kier alpha value is -2.69. The van der Waals surface area contributed by atoms with Gasteiger partial charge in [0, 0.05) is 43.2 Å². The number of nitrogens with zero attached hydrogens (tertiary/aromatic N) is 2. The molecule has 1 aliphatic rings. The van der Waals surface area contributed by atoms with Gasteiger partial charge in [0.15, 0.2) is 0 Å². The Morgan fingerprint density at radius 3 is 2.39 bits per heavy atom. The van der Waals surface area contributed by atoms with Gasteiger partial charge in [0.25, 0.3) is 0 Å². The number of benzene rings is 2. The summed E-state index contributed by atoms with van der Waals surface area (Å²) in [6, 6.07) is 15.6. The lowest BCUT2D eigenvalue weighted by Gasteiger charge is -2.36. The number of piperazine rings is 1. The Labute approximate surface area is 136 Å². The first-order valence-corrected chi connectivity index (χ1v) is 7.85. The van der Waals surface area contributed by atoms with Crippen LogP contribution in [0.15, 0.2) is 48.5 Å². The molecule has 0 atom stereocenters. The van der Waals surface area contributed by atoms with Crippen molar-refractivity contribution in [1.82, 2.24) is 4.90 Å². The lowest BCUT2D eigenvalue weighted by Crippen LogP contribution is -2.50. The monoisotopic (exact) mass is 310 g/mol. The van der Waals surface area contributed by atoms with Gasteiger partial charge in [-0.2, -0.15) is 0 Å². The lowest BCUT2D eigenvalue weighted by molar-refractivity contribution is 0.208. The van der Waals surface area contributed by atoms with Crippen LogP contribution in [0.4, 0.5) is 21.9 Å². The molecule has 0 unspecified atom stereocenters. The number of hydrogen-bond acceptors (Lipinski definition) is 3. The van der Waals surface area contributed by atoms with Crippen LogP contribution in [0.1, 0.15) is 5.56 Å². The summed E-state index contributed by atoms with van der Waals surface area (Å²) in [6.45, 7) is 5.22. The third-order valence-corrected chi connectivity index (χ3v) is 4.10. The first-order valence-electron chi connectivity index (χ1n) is 7.85. The molecular formula is C18H22N4O. The molecule has 1 heterocycles. The summed E-state index contributed by atoms with van der Waals surface area (Å²) in [5.41, 5.74) is 9.59. The molecule has 23 heavy (non-hydrogen) atoms. The van der Waals surface area contributed by atoms with Crippen molar-refractivity contribution in [3.8, 4) is 0 Å². The zero-order valence-electron chi connectivity index (χ0n) is 13.3. The Morgan fingerprint density at radius 2 is 1.74 bits per heavy atom. The van der Waals surface area contributed by atoms with Gasteiger partial charge in [-0.25, -0.2) is 4.79 Å². The Bertz CT molecular complexity index is 676. The number of anilines is 3. The molecule has 1 fully saturated rings.